The normalized spacial score (nSPS) is 15.8. The van der Waals surface area contributed by atoms with Crippen LogP contribution in [-0.4, -0.2) is 11.6 Å². The van der Waals surface area contributed by atoms with Gasteiger partial charge in [-0.15, -0.1) is 0 Å². The van der Waals surface area contributed by atoms with E-state index in [4.69, 9.17) is 15.7 Å². The summed E-state index contributed by atoms with van der Waals surface area (Å²) in [5, 5.41) is 8.80. The Hall–Kier alpha value is -1.60. The third kappa shape index (κ3) is 4.04. The van der Waals surface area contributed by atoms with Gasteiger partial charge in [-0.05, 0) is 32.4 Å². The van der Waals surface area contributed by atoms with Crippen molar-refractivity contribution in [3.63, 3.8) is 0 Å². The summed E-state index contributed by atoms with van der Waals surface area (Å²) in [5.74, 6) is 0.153. The summed E-state index contributed by atoms with van der Waals surface area (Å²) in [6.07, 6.45) is 0.144. The highest BCUT2D eigenvalue weighted by Crippen LogP contribution is 2.19. The van der Waals surface area contributed by atoms with E-state index in [2.05, 4.69) is 0 Å². The van der Waals surface area contributed by atoms with E-state index >= 15 is 0 Å². The Labute approximate surface area is 101 Å². The molecule has 0 saturated carbocycles. The standard InChI is InChI=1S/C13H17FN2O/c1-9-4-5-11(6-12(9)14)17-10(2)7-13(3,16)8-15/h4-6,10H,7,16H2,1-3H3. The maximum Gasteiger partial charge on any atom is 0.129 e. The van der Waals surface area contributed by atoms with Crippen LogP contribution < -0.4 is 10.5 Å². The Balaban J connectivity index is 2.66. The minimum Gasteiger partial charge on any atom is -0.491 e. The summed E-state index contributed by atoms with van der Waals surface area (Å²) in [7, 11) is 0. The van der Waals surface area contributed by atoms with Crippen LogP contribution in [0.25, 0.3) is 0 Å². The fourth-order valence-electron chi connectivity index (χ4n) is 1.56. The van der Waals surface area contributed by atoms with Gasteiger partial charge in [0.15, 0.2) is 0 Å². The molecule has 2 N–H and O–H groups in total. The number of hydrogen-bond donors (Lipinski definition) is 1. The van der Waals surface area contributed by atoms with Crippen molar-refractivity contribution in [1.29, 1.82) is 5.26 Å². The van der Waals surface area contributed by atoms with Gasteiger partial charge in [0.2, 0.25) is 0 Å². The lowest BCUT2D eigenvalue weighted by Crippen LogP contribution is -2.38. The van der Waals surface area contributed by atoms with Crippen LogP contribution in [0.3, 0.4) is 0 Å². The number of aryl methyl sites for hydroxylation is 1. The molecule has 0 saturated heterocycles. The summed E-state index contributed by atoms with van der Waals surface area (Å²) in [4.78, 5) is 0. The molecule has 0 radical (unpaired) electrons. The van der Waals surface area contributed by atoms with Gasteiger partial charge in [-0.2, -0.15) is 5.26 Å². The summed E-state index contributed by atoms with van der Waals surface area (Å²) < 4.78 is 18.8. The zero-order valence-electron chi connectivity index (χ0n) is 10.3. The molecule has 0 aliphatic carbocycles. The molecule has 92 valence electrons. The van der Waals surface area contributed by atoms with Crippen LogP contribution in [-0.2, 0) is 0 Å². The maximum absolute atomic E-state index is 13.3. The lowest BCUT2D eigenvalue weighted by molar-refractivity contribution is 0.190. The van der Waals surface area contributed by atoms with Crippen LogP contribution in [0.1, 0.15) is 25.8 Å². The van der Waals surface area contributed by atoms with Crippen LogP contribution in [0.5, 0.6) is 5.75 Å². The number of nitrogens with zero attached hydrogens (tertiary/aromatic N) is 1. The van der Waals surface area contributed by atoms with E-state index in [0.29, 0.717) is 17.7 Å². The number of rotatable bonds is 4. The van der Waals surface area contributed by atoms with Gasteiger partial charge >= 0.3 is 0 Å². The number of ether oxygens (including phenoxy) is 1. The third-order valence-electron chi connectivity index (χ3n) is 2.45. The van der Waals surface area contributed by atoms with Gasteiger partial charge < -0.3 is 10.5 Å². The first-order chi connectivity index (χ1) is 7.84. The number of nitriles is 1. The molecule has 4 heteroatoms. The lowest BCUT2D eigenvalue weighted by Gasteiger charge is -2.21. The molecular weight excluding hydrogens is 219 g/mol. The molecule has 0 aromatic heterocycles. The smallest absolute Gasteiger partial charge is 0.129 e. The molecule has 1 rings (SSSR count). The first-order valence-electron chi connectivity index (χ1n) is 5.47. The SMILES string of the molecule is Cc1ccc(OC(C)CC(C)(N)C#N)cc1F. The molecule has 0 spiro atoms. The Morgan fingerprint density at radius 3 is 2.76 bits per heavy atom. The number of halogens is 1. The number of nitrogens with two attached hydrogens (primary N) is 1. The zero-order chi connectivity index (χ0) is 13.1. The lowest BCUT2D eigenvalue weighted by atomic mass is 9.98. The van der Waals surface area contributed by atoms with Crippen molar-refractivity contribution in [2.45, 2.75) is 38.8 Å². The summed E-state index contributed by atoms with van der Waals surface area (Å²) in [6, 6.07) is 6.70. The second-order valence-electron chi connectivity index (χ2n) is 4.57. The van der Waals surface area contributed by atoms with Crippen molar-refractivity contribution in [2.75, 3.05) is 0 Å². The van der Waals surface area contributed by atoms with Gasteiger partial charge in [0.05, 0.1) is 12.2 Å². The molecule has 3 nitrogen and oxygen atoms in total. The second kappa shape index (κ2) is 5.15. The van der Waals surface area contributed by atoms with Crippen molar-refractivity contribution >= 4 is 0 Å². The van der Waals surface area contributed by atoms with E-state index in [1.807, 2.05) is 6.07 Å². The Morgan fingerprint density at radius 1 is 1.59 bits per heavy atom. The molecule has 0 aliphatic rings. The third-order valence-corrected chi connectivity index (χ3v) is 2.45. The molecule has 0 heterocycles. The molecule has 0 bridgehead atoms. The largest absolute Gasteiger partial charge is 0.491 e. The highest BCUT2D eigenvalue weighted by atomic mass is 19.1. The van der Waals surface area contributed by atoms with Crippen LogP contribution >= 0.6 is 0 Å². The Kier molecular flexibility index (Phi) is 4.08. The van der Waals surface area contributed by atoms with Gasteiger partial charge in [-0.1, -0.05) is 6.07 Å². The van der Waals surface area contributed by atoms with E-state index in [1.54, 1.807) is 32.9 Å². The second-order valence-corrected chi connectivity index (χ2v) is 4.57. The minimum atomic E-state index is -0.928. The average molecular weight is 236 g/mol. The van der Waals surface area contributed by atoms with Crippen LogP contribution in [0.2, 0.25) is 0 Å². The van der Waals surface area contributed by atoms with Gasteiger partial charge in [0, 0.05) is 12.5 Å². The number of benzene rings is 1. The maximum atomic E-state index is 13.3. The van der Waals surface area contributed by atoms with Crippen molar-refractivity contribution in [1.82, 2.24) is 0 Å². The molecule has 2 atom stereocenters. The van der Waals surface area contributed by atoms with Gasteiger partial charge in [0.1, 0.15) is 17.1 Å². The van der Waals surface area contributed by atoms with E-state index in [1.165, 1.54) is 6.07 Å². The average Bonchev–Trinajstić information content (AvgIpc) is 2.23. The minimum absolute atomic E-state index is 0.244. The molecule has 0 fully saturated rings. The quantitative estimate of drug-likeness (QED) is 0.873. The summed E-state index contributed by atoms with van der Waals surface area (Å²) >= 11 is 0. The molecule has 2 unspecified atom stereocenters. The monoisotopic (exact) mass is 236 g/mol. The molecule has 1 aromatic carbocycles. The van der Waals surface area contributed by atoms with Crippen molar-refractivity contribution in [3.8, 4) is 11.8 Å². The molecular formula is C13H17FN2O. The predicted octanol–water partition coefficient (Wildman–Crippen LogP) is 2.53. The topological polar surface area (TPSA) is 59.0 Å². The highest BCUT2D eigenvalue weighted by Gasteiger charge is 2.22. The molecule has 17 heavy (non-hydrogen) atoms. The zero-order valence-corrected chi connectivity index (χ0v) is 10.3. The van der Waals surface area contributed by atoms with Crippen LogP contribution in [0, 0.1) is 24.1 Å². The van der Waals surface area contributed by atoms with Crippen molar-refractivity contribution in [2.24, 2.45) is 5.73 Å². The van der Waals surface area contributed by atoms with Gasteiger partial charge in [-0.3, -0.25) is 0 Å². The molecule has 0 amide bonds. The molecule has 0 aliphatic heterocycles. The van der Waals surface area contributed by atoms with E-state index < -0.39 is 5.54 Å². The van der Waals surface area contributed by atoms with Crippen molar-refractivity contribution < 1.29 is 9.13 Å². The predicted molar refractivity (Wildman–Crippen MR) is 64.0 cm³/mol. The fraction of sp³-hybridized carbons (Fsp3) is 0.462. The number of hydrogen-bond acceptors (Lipinski definition) is 3. The Morgan fingerprint density at radius 2 is 2.24 bits per heavy atom. The van der Waals surface area contributed by atoms with E-state index in [9.17, 15) is 4.39 Å². The van der Waals surface area contributed by atoms with Crippen LogP contribution in [0.4, 0.5) is 4.39 Å². The van der Waals surface area contributed by atoms with Crippen LogP contribution in [0.15, 0.2) is 18.2 Å². The fourth-order valence-corrected chi connectivity index (χ4v) is 1.56. The first-order valence-corrected chi connectivity index (χ1v) is 5.47. The Bertz CT molecular complexity index is 438. The van der Waals surface area contributed by atoms with E-state index in [0.717, 1.165) is 0 Å². The van der Waals surface area contributed by atoms with Gasteiger partial charge in [-0.25, -0.2) is 4.39 Å². The van der Waals surface area contributed by atoms with Crippen molar-refractivity contribution in [3.05, 3.63) is 29.6 Å². The summed E-state index contributed by atoms with van der Waals surface area (Å²) in [5.41, 5.74) is 5.36. The van der Waals surface area contributed by atoms with Gasteiger partial charge in [0.25, 0.3) is 0 Å². The highest BCUT2D eigenvalue weighted by molar-refractivity contribution is 5.28. The first kappa shape index (κ1) is 13.5. The molecule has 1 aromatic rings. The summed E-state index contributed by atoms with van der Waals surface area (Å²) in [6.45, 7) is 5.14. The van der Waals surface area contributed by atoms with E-state index in [-0.39, 0.29) is 11.9 Å².